The highest BCUT2D eigenvalue weighted by molar-refractivity contribution is 5.04. The number of nitrogens with two attached hydrogens (primary N) is 1. The van der Waals surface area contributed by atoms with Gasteiger partial charge in [-0.1, -0.05) is 0 Å². The molecule has 2 atom stereocenters. The molecule has 2 rings (SSSR count). The molecule has 13 heavy (non-hydrogen) atoms. The Labute approximate surface area is 78.9 Å². The number of fused-ring (bicyclic) bond motifs is 1. The van der Waals surface area contributed by atoms with E-state index in [1.807, 2.05) is 6.20 Å². The van der Waals surface area contributed by atoms with Crippen molar-refractivity contribution < 1.29 is 0 Å². The highest BCUT2D eigenvalue weighted by Crippen LogP contribution is 2.22. The molecule has 3 nitrogen and oxygen atoms in total. The minimum absolute atomic E-state index is 0.333. The number of rotatable bonds is 2. The van der Waals surface area contributed by atoms with Crippen LogP contribution in [0.15, 0.2) is 12.3 Å². The quantitative estimate of drug-likeness (QED) is 0.741. The van der Waals surface area contributed by atoms with Gasteiger partial charge < -0.3 is 5.73 Å². The first-order valence-electron chi connectivity index (χ1n) is 5.02. The molecule has 1 aromatic rings. The van der Waals surface area contributed by atoms with Crippen molar-refractivity contribution in [2.24, 2.45) is 11.7 Å². The van der Waals surface area contributed by atoms with Crippen LogP contribution in [0.2, 0.25) is 0 Å². The van der Waals surface area contributed by atoms with Gasteiger partial charge in [-0.2, -0.15) is 5.10 Å². The topological polar surface area (TPSA) is 43.8 Å². The average molecular weight is 179 g/mol. The third-order valence-electron chi connectivity index (χ3n) is 2.76. The molecule has 1 aromatic heterocycles. The second-order valence-corrected chi connectivity index (χ2v) is 4.12. The van der Waals surface area contributed by atoms with Gasteiger partial charge >= 0.3 is 0 Å². The van der Waals surface area contributed by atoms with Crippen LogP contribution < -0.4 is 5.73 Å². The first kappa shape index (κ1) is 8.75. The molecule has 1 aliphatic rings. The molecule has 0 spiro atoms. The Hall–Kier alpha value is -0.830. The molecule has 2 heterocycles. The second-order valence-electron chi connectivity index (χ2n) is 4.12. The minimum atomic E-state index is 0.333. The first-order chi connectivity index (χ1) is 6.25. The van der Waals surface area contributed by atoms with Crippen LogP contribution in [0.5, 0.6) is 0 Å². The van der Waals surface area contributed by atoms with Crippen molar-refractivity contribution in [3.63, 3.8) is 0 Å². The molecule has 0 bridgehead atoms. The van der Waals surface area contributed by atoms with Crippen LogP contribution in [0.3, 0.4) is 0 Å². The number of nitrogens with zero attached hydrogens (tertiary/aromatic N) is 2. The van der Waals surface area contributed by atoms with E-state index in [-0.39, 0.29) is 0 Å². The van der Waals surface area contributed by atoms with Gasteiger partial charge in [-0.25, -0.2) is 0 Å². The van der Waals surface area contributed by atoms with Crippen LogP contribution in [0.1, 0.15) is 25.5 Å². The summed E-state index contributed by atoms with van der Waals surface area (Å²) in [5.74, 6) is 0.768. The summed E-state index contributed by atoms with van der Waals surface area (Å²) < 4.78 is 2.11. The third-order valence-corrected chi connectivity index (χ3v) is 2.76. The van der Waals surface area contributed by atoms with E-state index in [4.69, 9.17) is 5.73 Å². The Morgan fingerprint density at radius 1 is 1.77 bits per heavy atom. The maximum absolute atomic E-state index is 5.80. The number of hydrogen-bond donors (Lipinski definition) is 1. The van der Waals surface area contributed by atoms with E-state index >= 15 is 0 Å². The summed E-state index contributed by atoms with van der Waals surface area (Å²) in [6.07, 6.45) is 5.42. The van der Waals surface area contributed by atoms with Crippen LogP contribution in [-0.2, 0) is 13.0 Å². The number of aromatic nitrogens is 2. The molecule has 1 aliphatic heterocycles. The van der Waals surface area contributed by atoms with Gasteiger partial charge in [0, 0.05) is 24.5 Å². The molecular weight excluding hydrogens is 162 g/mol. The fourth-order valence-corrected chi connectivity index (χ4v) is 2.16. The van der Waals surface area contributed by atoms with E-state index in [0.717, 1.165) is 25.3 Å². The largest absolute Gasteiger partial charge is 0.328 e. The maximum atomic E-state index is 5.80. The highest BCUT2D eigenvalue weighted by atomic mass is 15.3. The summed E-state index contributed by atoms with van der Waals surface area (Å²) in [5.41, 5.74) is 7.17. The number of hydrogen-bond acceptors (Lipinski definition) is 2. The number of aryl methyl sites for hydroxylation is 1. The van der Waals surface area contributed by atoms with Crippen molar-refractivity contribution in [3.8, 4) is 0 Å². The molecule has 2 unspecified atom stereocenters. The lowest BCUT2D eigenvalue weighted by Gasteiger charge is -2.24. The first-order valence-corrected chi connectivity index (χ1v) is 5.02. The van der Waals surface area contributed by atoms with Crippen LogP contribution >= 0.6 is 0 Å². The van der Waals surface area contributed by atoms with Crippen molar-refractivity contribution in [3.05, 3.63) is 18.0 Å². The van der Waals surface area contributed by atoms with Crippen molar-refractivity contribution >= 4 is 0 Å². The van der Waals surface area contributed by atoms with Crippen molar-refractivity contribution in [1.29, 1.82) is 0 Å². The summed E-state index contributed by atoms with van der Waals surface area (Å²) in [6, 6.07) is 2.45. The van der Waals surface area contributed by atoms with Crippen LogP contribution in [0.4, 0.5) is 0 Å². The van der Waals surface area contributed by atoms with Gasteiger partial charge in [0.05, 0.1) is 0 Å². The van der Waals surface area contributed by atoms with Gasteiger partial charge in [0.2, 0.25) is 0 Å². The van der Waals surface area contributed by atoms with Gasteiger partial charge in [-0.3, -0.25) is 4.68 Å². The predicted octanol–water partition coefficient (Wildman–Crippen LogP) is 1.18. The molecular formula is C10H17N3. The SMILES string of the molecule is CC(N)CC1CCn2nccc2C1. The average Bonchev–Trinajstić information content (AvgIpc) is 2.49. The monoisotopic (exact) mass is 179 g/mol. The Bertz CT molecular complexity index is 277. The lowest BCUT2D eigenvalue weighted by atomic mass is 9.90. The third kappa shape index (κ3) is 1.91. The van der Waals surface area contributed by atoms with Gasteiger partial charge in [0.1, 0.15) is 0 Å². The molecule has 72 valence electrons. The molecule has 0 saturated heterocycles. The summed E-state index contributed by atoms with van der Waals surface area (Å²) >= 11 is 0. The van der Waals surface area contributed by atoms with Gasteiger partial charge in [0.25, 0.3) is 0 Å². The maximum Gasteiger partial charge on any atom is 0.0492 e. The van der Waals surface area contributed by atoms with Crippen LogP contribution in [-0.4, -0.2) is 15.8 Å². The van der Waals surface area contributed by atoms with E-state index in [2.05, 4.69) is 22.8 Å². The second kappa shape index (κ2) is 3.50. The zero-order valence-electron chi connectivity index (χ0n) is 8.11. The molecule has 0 aromatic carbocycles. The van der Waals surface area contributed by atoms with E-state index in [9.17, 15) is 0 Å². The van der Waals surface area contributed by atoms with E-state index in [0.29, 0.717) is 6.04 Å². The molecule has 2 N–H and O–H groups in total. The van der Waals surface area contributed by atoms with Crippen LogP contribution in [0.25, 0.3) is 0 Å². The van der Waals surface area contributed by atoms with Gasteiger partial charge in [-0.05, 0) is 38.2 Å². The summed E-state index contributed by atoms with van der Waals surface area (Å²) in [7, 11) is 0. The Morgan fingerprint density at radius 3 is 3.38 bits per heavy atom. The lowest BCUT2D eigenvalue weighted by Crippen LogP contribution is -2.26. The van der Waals surface area contributed by atoms with E-state index in [1.165, 1.54) is 12.1 Å². The molecule has 0 fully saturated rings. The molecule has 0 radical (unpaired) electrons. The van der Waals surface area contributed by atoms with Crippen molar-refractivity contribution in [2.75, 3.05) is 0 Å². The molecule has 3 heteroatoms. The normalized spacial score (nSPS) is 24.0. The van der Waals surface area contributed by atoms with Crippen LogP contribution in [0, 0.1) is 5.92 Å². The fourth-order valence-electron chi connectivity index (χ4n) is 2.16. The van der Waals surface area contributed by atoms with Crippen molar-refractivity contribution in [2.45, 2.75) is 38.8 Å². The van der Waals surface area contributed by atoms with Crippen molar-refractivity contribution in [1.82, 2.24) is 9.78 Å². The molecule has 0 aliphatic carbocycles. The minimum Gasteiger partial charge on any atom is -0.328 e. The highest BCUT2D eigenvalue weighted by Gasteiger charge is 2.19. The summed E-state index contributed by atoms with van der Waals surface area (Å²) in [6.45, 7) is 3.16. The standard InChI is InChI=1S/C10H17N3/c1-8(11)6-9-3-5-13-10(7-9)2-4-12-13/h2,4,8-9H,3,5-7,11H2,1H3. The van der Waals surface area contributed by atoms with E-state index in [1.54, 1.807) is 0 Å². The zero-order valence-corrected chi connectivity index (χ0v) is 8.11. The smallest absolute Gasteiger partial charge is 0.0492 e. The fraction of sp³-hybridized carbons (Fsp3) is 0.700. The summed E-state index contributed by atoms with van der Waals surface area (Å²) in [4.78, 5) is 0. The lowest BCUT2D eigenvalue weighted by molar-refractivity contribution is 0.334. The van der Waals surface area contributed by atoms with E-state index < -0.39 is 0 Å². The predicted molar refractivity (Wildman–Crippen MR) is 52.3 cm³/mol. The summed E-state index contributed by atoms with van der Waals surface area (Å²) in [5, 5.41) is 4.26. The molecule has 0 amide bonds. The Balaban J connectivity index is 2.00. The van der Waals surface area contributed by atoms with Gasteiger partial charge in [-0.15, -0.1) is 0 Å². The van der Waals surface area contributed by atoms with Gasteiger partial charge in [0.15, 0.2) is 0 Å². The Morgan fingerprint density at radius 2 is 2.62 bits per heavy atom. The molecule has 0 saturated carbocycles. The zero-order chi connectivity index (χ0) is 9.26. The Kier molecular flexibility index (Phi) is 2.36.